The number of aromatic nitrogens is 5. The molecule has 0 saturated heterocycles. The van der Waals surface area contributed by atoms with E-state index >= 15 is 0 Å². The standard InChI is InChI=1S/C14H11N5O2S/c20-14-18(9-10-22(21)13-6-2-1-3-7-13)16-17-19(14)12-5-4-8-15-11-12/h1-11H/b10-9+. The van der Waals surface area contributed by atoms with Gasteiger partial charge in [0.15, 0.2) is 0 Å². The molecule has 110 valence electrons. The Kier molecular flexibility index (Phi) is 4.01. The van der Waals surface area contributed by atoms with Gasteiger partial charge in [0, 0.05) is 22.7 Å². The third kappa shape index (κ3) is 2.91. The average molecular weight is 313 g/mol. The van der Waals surface area contributed by atoms with Gasteiger partial charge in [-0.25, -0.2) is 9.00 Å². The fourth-order valence-corrected chi connectivity index (χ4v) is 2.55. The van der Waals surface area contributed by atoms with Crippen molar-refractivity contribution in [2.75, 3.05) is 0 Å². The van der Waals surface area contributed by atoms with Crippen LogP contribution < -0.4 is 5.69 Å². The van der Waals surface area contributed by atoms with Gasteiger partial charge in [0.25, 0.3) is 0 Å². The van der Waals surface area contributed by atoms with Crippen molar-refractivity contribution in [2.24, 2.45) is 0 Å². The van der Waals surface area contributed by atoms with E-state index in [1.165, 1.54) is 17.8 Å². The van der Waals surface area contributed by atoms with Crippen molar-refractivity contribution in [3.8, 4) is 5.69 Å². The molecule has 0 amide bonds. The maximum absolute atomic E-state index is 12.1. The van der Waals surface area contributed by atoms with Crippen LogP contribution in [0.5, 0.6) is 0 Å². The van der Waals surface area contributed by atoms with Gasteiger partial charge in [-0.2, -0.15) is 9.36 Å². The Bertz CT molecular complexity index is 871. The van der Waals surface area contributed by atoms with Crippen LogP contribution in [0.25, 0.3) is 11.9 Å². The van der Waals surface area contributed by atoms with Crippen LogP contribution in [-0.4, -0.2) is 29.0 Å². The molecule has 1 unspecified atom stereocenters. The molecule has 0 bridgehead atoms. The summed E-state index contributed by atoms with van der Waals surface area (Å²) in [5.74, 6) is 0. The van der Waals surface area contributed by atoms with Gasteiger partial charge >= 0.3 is 5.69 Å². The molecule has 0 fully saturated rings. The second-order valence-electron chi connectivity index (χ2n) is 4.22. The van der Waals surface area contributed by atoms with E-state index in [1.807, 2.05) is 6.07 Å². The zero-order valence-electron chi connectivity index (χ0n) is 11.3. The van der Waals surface area contributed by atoms with E-state index in [2.05, 4.69) is 15.4 Å². The Hall–Kier alpha value is -2.87. The predicted molar refractivity (Wildman–Crippen MR) is 81.6 cm³/mol. The fraction of sp³-hybridized carbons (Fsp3) is 0. The first-order valence-electron chi connectivity index (χ1n) is 6.34. The van der Waals surface area contributed by atoms with Crippen molar-refractivity contribution in [1.29, 1.82) is 0 Å². The Morgan fingerprint density at radius 3 is 2.59 bits per heavy atom. The summed E-state index contributed by atoms with van der Waals surface area (Å²) in [7, 11) is -1.36. The molecule has 1 atom stereocenters. The lowest BCUT2D eigenvalue weighted by atomic mass is 10.4. The summed E-state index contributed by atoms with van der Waals surface area (Å²) < 4.78 is 14.2. The fourth-order valence-electron chi connectivity index (χ4n) is 1.74. The molecular formula is C14H11N5O2S. The maximum atomic E-state index is 12.1. The zero-order chi connectivity index (χ0) is 15.4. The van der Waals surface area contributed by atoms with Gasteiger partial charge < -0.3 is 0 Å². The van der Waals surface area contributed by atoms with Crippen LogP contribution in [0.15, 0.2) is 70.0 Å². The summed E-state index contributed by atoms with van der Waals surface area (Å²) >= 11 is 0. The number of tetrazole rings is 1. The lowest BCUT2D eigenvalue weighted by Crippen LogP contribution is -2.21. The molecule has 22 heavy (non-hydrogen) atoms. The van der Waals surface area contributed by atoms with Gasteiger partial charge in [-0.3, -0.25) is 4.98 Å². The van der Waals surface area contributed by atoms with Crippen molar-refractivity contribution in [3.05, 3.63) is 70.8 Å². The normalized spacial score (nSPS) is 12.5. The van der Waals surface area contributed by atoms with Crippen molar-refractivity contribution < 1.29 is 4.21 Å². The number of hydrogen-bond acceptors (Lipinski definition) is 5. The quantitative estimate of drug-likeness (QED) is 0.719. The molecule has 0 radical (unpaired) electrons. The molecule has 0 aliphatic rings. The highest BCUT2D eigenvalue weighted by Gasteiger charge is 2.07. The topological polar surface area (TPSA) is 82.7 Å². The number of hydrogen-bond donors (Lipinski definition) is 0. The van der Waals surface area contributed by atoms with E-state index < -0.39 is 16.5 Å². The Balaban J connectivity index is 1.86. The zero-order valence-corrected chi connectivity index (χ0v) is 12.1. The molecule has 8 heteroatoms. The summed E-state index contributed by atoms with van der Waals surface area (Å²) in [4.78, 5) is 16.7. The molecule has 0 spiro atoms. The first-order chi connectivity index (χ1) is 10.8. The van der Waals surface area contributed by atoms with E-state index in [1.54, 1.807) is 42.6 Å². The van der Waals surface area contributed by atoms with Gasteiger partial charge in [0.05, 0.1) is 22.7 Å². The monoisotopic (exact) mass is 313 g/mol. The minimum Gasteiger partial charge on any atom is -0.262 e. The smallest absolute Gasteiger partial charge is 0.262 e. The second kappa shape index (κ2) is 6.27. The van der Waals surface area contributed by atoms with E-state index in [4.69, 9.17) is 0 Å². The number of pyridine rings is 1. The number of nitrogens with zero attached hydrogens (tertiary/aromatic N) is 5. The van der Waals surface area contributed by atoms with Gasteiger partial charge in [-0.1, -0.05) is 18.2 Å². The minimum atomic E-state index is -1.36. The molecular weight excluding hydrogens is 302 g/mol. The SMILES string of the molecule is O=c1n(/C=C/S(=O)c2ccccc2)nnn1-c1cccnc1. The Morgan fingerprint density at radius 2 is 1.86 bits per heavy atom. The molecule has 1 aromatic carbocycles. The first kappa shape index (κ1) is 14.1. The second-order valence-corrected chi connectivity index (χ2v) is 5.56. The first-order valence-corrected chi connectivity index (χ1v) is 7.56. The third-order valence-electron chi connectivity index (χ3n) is 2.79. The molecule has 0 aliphatic heterocycles. The maximum Gasteiger partial charge on any atom is 0.372 e. The molecule has 0 saturated carbocycles. The minimum absolute atomic E-state index is 0.464. The highest BCUT2D eigenvalue weighted by atomic mass is 32.2. The average Bonchev–Trinajstić information content (AvgIpc) is 2.95. The van der Waals surface area contributed by atoms with Gasteiger partial charge in [0.1, 0.15) is 0 Å². The van der Waals surface area contributed by atoms with E-state index in [0.29, 0.717) is 10.6 Å². The van der Waals surface area contributed by atoms with Crippen LogP contribution in [0.2, 0.25) is 0 Å². The highest BCUT2D eigenvalue weighted by Crippen LogP contribution is 2.06. The molecule has 3 rings (SSSR count). The lowest BCUT2D eigenvalue weighted by molar-refractivity contribution is 0.688. The predicted octanol–water partition coefficient (Wildman–Crippen LogP) is 1.06. The van der Waals surface area contributed by atoms with Crippen molar-refractivity contribution >= 4 is 17.0 Å². The van der Waals surface area contributed by atoms with Crippen molar-refractivity contribution in [3.63, 3.8) is 0 Å². The van der Waals surface area contributed by atoms with Crippen LogP contribution in [0.3, 0.4) is 0 Å². The van der Waals surface area contributed by atoms with Crippen LogP contribution in [-0.2, 0) is 10.8 Å². The third-order valence-corrected chi connectivity index (χ3v) is 3.90. The Morgan fingerprint density at radius 1 is 1.05 bits per heavy atom. The van der Waals surface area contributed by atoms with Crippen LogP contribution >= 0.6 is 0 Å². The van der Waals surface area contributed by atoms with Crippen LogP contribution in [0.4, 0.5) is 0 Å². The summed E-state index contributed by atoms with van der Waals surface area (Å²) in [5, 5.41) is 8.88. The van der Waals surface area contributed by atoms with E-state index in [9.17, 15) is 9.00 Å². The molecule has 0 N–H and O–H groups in total. The molecule has 3 aromatic rings. The van der Waals surface area contributed by atoms with Crippen LogP contribution in [0, 0.1) is 0 Å². The molecule has 0 aliphatic carbocycles. The summed E-state index contributed by atoms with van der Waals surface area (Å²) in [6.45, 7) is 0. The summed E-state index contributed by atoms with van der Waals surface area (Å²) in [5.41, 5.74) is 0.0469. The highest BCUT2D eigenvalue weighted by molar-refractivity contribution is 7.88. The van der Waals surface area contributed by atoms with E-state index in [0.717, 1.165) is 9.36 Å². The van der Waals surface area contributed by atoms with Crippen molar-refractivity contribution in [1.82, 2.24) is 24.8 Å². The largest absolute Gasteiger partial charge is 0.372 e. The molecule has 2 aromatic heterocycles. The van der Waals surface area contributed by atoms with Gasteiger partial charge in [0.2, 0.25) is 0 Å². The van der Waals surface area contributed by atoms with E-state index in [-0.39, 0.29) is 0 Å². The number of rotatable bonds is 4. The van der Waals surface area contributed by atoms with Gasteiger partial charge in [-0.15, -0.1) is 0 Å². The molecule has 7 nitrogen and oxygen atoms in total. The van der Waals surface area contributed by atoms with Crippen LogP contribution in [0.1, 0.15) is 0 Å². The van der Waals surface area contributed by atoms with Gasteiger partial charge in [-0.05, 0) is 34.7 Å². The summed E-state index contributed by atoms with van der Waals surface area (Å²) in [6.07, 6.45) is 4.44. The number of benzene rings is 1. The molecule has 2 heterocycles. The van der Waals surface area contributed by atoms with Crippen molar-refractivity contribution in [2.45, 2.75) is 4.90 Å². The summed E-state index contributed by atoms with van der Waals surface area (Å²) in [6, 6.07) is 12.3. The Labute approximate surface area is 128 Å². The lowest BCUT2D eigenvalue weighted by Gasteiger charge is -1.95.